The van der Waals surface area contributed by atoms with Gasteiger partial charge in [0.2, 0.25) is 0 Å². The zero-order valence-electron chi connectivity index (χ0n) is 16.9. The number of rotatable bonds is 10. The molecule has 0 radical (unpaired) electrons. The van der Waals surface area contributed by atoms with Crippen molar-refractivity contribution in [1.82, 2.24) is 14.5 Å². The van der Waals surface area contributed by atoms with Crippen molar-refractivity contribution in [2.24, 2.45) is 0 Å². The highest BCUT2D eigenvalue weighted by atomic mass is 31.3. The summed E-state index contributed by atoms with van der Waals surface area (Å²) in [5.41, 5.74) is 1.40. The molecule has 0 spiro atoms. The summed E-state index contributed by atoms with van der Waals surface area (Å²) >= 11 is 0. The quantitative estimate of drug-likeness (QED) is 0.135. The van der Waals surface area contributed by atoms with E-state index in [1.54, 1.807) is 0 Å². The van der Waals surface area contributed by atoms with E-state index >= 15 is 0 Å². The van der Waals surface area contributed by atoms with Gasteiger partial charge in [-0.25, -0.2) is 28.7 Å². The van der Waals surface area contributed by atoms with E-state index < -0.39 is 60.7 Å². The summed E-state index contributed by atoms with van der Waals surface area (Å²) in [6.45, 7) is -1.48. The summed E-state index contributed by atoms with van der Waals surface area (Å²) in [6, 6.07) is 1.49. The standard InChI is InChI=1S/C13H18FN4O13P3/c1-12(20)10(19)13(4-14,5-27-32(22)30-34(25,26)31-33(23,24)29-21)28-11(12)18-3-2-7-8(15)16-6-17-9(7)18/h2-3,6,10-11,19-20H,4-5H2,1H3,(H4-,15,16,17,21,23,24,25,26)/p+1/t10-,11+,12+,13+/m0/s1. The van der Waals surface area contributed by atoms with Crippen LogP contribution >= 0.6 is 23.9 Å². The summed E-state index contributed by atoms with van der Waals surface area (Å²) in [6.07, 6.45) is -0.963. The Kier molecular flexibility index (Phi) is 7.59. The monoisotopic (exact) mass is 551 g/mol. The molecule has 21 heteroatoms. The van der Waals surface area contributed by atoms with E-state index in [0.29, 0.717) is 5.39 Å². The molecule has 0 aliphatic carbocycles. The molecule has 1 fully saturated rings. The first-order chi connectivity index (χ1) is 15.7. The van der Waals surface area contributed by atoms with Gasteiger partial charge in [0.25, 0.3) is 0 Å². The minimum atomic E-state index is -5.59. The third-order valence-electron chi connectivity index (χ3n) is 4.81. The first kappa shape index (κ1) is 27.1. The van der Waals surface area contributed by atoms with Crippen LogP contribution in [0.4, 0.5) is 10.2 Å². The molecule has 3 rings (SSSR count). The molecule has 3 heterocycles. The molecule has 3 unspecified atom stereocenters. The molecule has 34 heavy (non-hydrogen) atoms. The lowest BCUT2D eigenvalue weighted by atomic mass is 9.88. The van der Waals surface area contributed by atoms with Crippen LogP contribution in [0.25, 0.3) is 11.0 Å². The second-order valence-electron chi connectivity index (χ2n) is 7.20. The molecule has 1 saturated heterocycles. The Morgan fingerprint density at radius 3 is 2.65 bits per heavy atom. The molecular formula is C13H19FN4O13P3+. The van der Waals surface area contributed by atoms with Crippen LogP contribution in [-0.4, -0.2) is 70.4 Å². The van der Waals surface area contributed by atoms with E-state index in [1.165, 1.54) is 16.8 Å². The largest absolute Gasteiger partial charge is 0.708 e. The average molecular weight is 551 g/mol. The Hall–Kier alpha value is -1.49. The molecule has 0 bridgehead atoms. The highest BCUT2D eigenvalue weighted by molar-refractivity contribution is 7.64. The lowest BCUT2D eigenvalue weighted by Crippen LogP contribution is -2.52. The van der Waals surface area contributed by atoms with Gasteiger partial charge in [0.15, 0.2) is 11.8 Å². The number of fused-ring (bicyclic) bond motifs is 1. The third kappa shape index (κ3) is 5.20. The van der Waals surface area contributed by atoms with Crippen molar-refractivity contribution in [2.75, 3.05) is 19.0 Å². The van der Waals surface area contributed by atoms with Crippen LogP contribution in [0, 0.1) is 0 Å². The lowest BCUT2D eigenvalue weighted by Gasteiger charge is -2.29. The number of phosphoric acid groups is 2. The van der Waals surface area contributed by atoms with Crippen LogP contribution in [0.1, 0.15) is 13.2 Å². The van der Waals surface area contributed by atoms with Crippen LogP contribution in [0.5, 0.6) is 0 Å². The zero-order chi connectivity index (χ0) is 25.5. The van der Waals surface area contributed by atoms with Crippen molar-refractivity contribution in [1.29, 1.82) is 0 Å². The maximum Gasteiger partial charge on any atom is 0.708 e. The van der Waals surface area contributed by atoms with Gasteiger partial charge in [-0.05, 0) is 17.3 Å². The molecule has 7 N–H and O–H groups in total. The molecule has 0 saturated carbocycles. The molecule has 2 aromatic rings. The number of aliphatic hydroxyl groups is 2. The number of hydrogen-bond donors (Lipinski definition) is 6. The number of hydrogen-bond acceptors (Lipinski definition) is 14. The highest BCUT2D eigenvalue weighted by Gasteiger charge is 2.63. The topological polar surface area (TPSA) is 255 Å². The van der Waals surface area contributed by atoms with E-state index in [9.17, 15) is 33.2 Å². The van der Waals surface area contributed by atoms with Crippen molar-refractivity contribution in [3.05, 3.63) is 18.6 Å². The molecule has 7 atom stereocenters. The number of aromatic nitrogens is 3. The van der Waals surface area contributed by atoms with E-state index in [4.69, 9.17) is 20.6 Å². The van der Waals surface area contributed by atoms with Gasteiger partial charge in [-0.3, -0.25) is 4.89 Å². The molecule has 2 aromatic heterocycles. The van der Waals surface area contributed by atoms with Crippen molar-refractivity contribution >= 4 is 40.8 Å². The van der Waals surface area contributed by atoms with Crippen molar-refractivity contribution < 1.29 is 65.9 Å². The number of nitrogens with zero attached hydrogens (tertiary/aromatic N) is 3. The molecule has 190 valence electrons. The second kappa shape index (κ2) is 9.52. The van der Waals surface area contributed by atoms with Gasteiger partial charge in [-0.1, -0.05) is 0 Å². The fraction of sp³-hybridized carbons (Fsp3) is 0.538. The smallest absolute Gasteiger partial charge is 0.387 e. The molecule has 17 nitrogen and oxygen atoms in total. The number of ether oxygens (including phenoxy) is 1. The number of aliphatic hydroxyl groups excluding tert-OH is 1. The second-order valence-corrected chi connectivity index (χ2v) is 11.2. The fourth-order valence-corrected chi connectivity index (χ4v) is 6.01. The van der Waals surface area contributed by atoms with E-state index in [-0.39, 0.29) is 11.5 Å². The Morgan fingerprint density at radius 1 is 1.35 bits per heavy atom. The van der Waals surface area contributed by atoms with E-state index in [0.717, 1.165) is 13.3 Å². The summed E-state index contributed by atoms with van der Waals surface area (Å²) in [5.74, 6) is 0.103. The van der Waals surface area contributed by atoms with Gasteiger partial charge in [-0.2, -0.15) is 4.31 Å². The summed E-state index contributed by atoms with van der Waals surface area (Å²) in [5, 5.41) is 30.0. The average Bonchev–Trinajstić information content (AvgIpc) is 3.25. The molecule has 0 amide bonds. The summed E-state index contributed by atoms with van der Waals surface area (Å²) in [4.78, 5) is 26.0. The first-order valence-electron chi connectivity index (χ1n) is 8.89. The molecule has 1 aliphatic rings. The maximum absolute atomic E-state index is 14.1. The summed E-state index contributed by atoms with van der Waals surface area (Å²) < 4.78 is 70.5. The number of nitrogens with two attached hydrogens (primary N) is 1. The molecule has 0 aromatic carbocycles. The van der Waals surface area contributed by atoms with Crippen LogP contribution in [-0.2, 0) is 36.3 Å². The first-order valence-corrected chi connectivity index (χ1v) is 13.0. The predicted octanol–water partition coefficient (Wildman–Crippen LogP) is 0.760. The van der Waals surface area contributed by atoms with Gasteiger partial charge >= 0.3 is 23.9 Å². The number of alkyl halides is 1. The van der Waals surface area contributed by atoms with Gasteiger partial charge < -0.3 is 30.1 Å². The number of anilines is 1. The number of nitrogen functional groups attached to an aromatic ring is 1. The van der Waals surface area contributed by atoms with Gasteiger partial charge in [0, 0.05) is 10.8 Å². The Labute approximate surface area is 189 Å². The summed E-state index contributed by atoms with van der Waals surface area (Å²) in [7, 11) is -14.7. The van der Waals surface area contributed by atoms with Crippen molar-refractivity contribution in [2.45, 2.75) is 30.5 Å². The Balaban J connectivity index is 1.80. The highest BCUT2D eigenvalue weighted by Crippen LogP contribution is 2.63. The molecule has 1 aliphatic heterocycles. The van der Waals surface area contributed by atoms with Crippen molar-refractivity contribution in [3.8, 4) is 0 Å². The lowest BCUT2D eigenvalue weighted by molar-refractivity contribution is -0.157. The number of halogens is 1. The van der Waals surface area contributed by atoms with Crippen LogP contribution in [0.3, 0.4) is 0 Å². The SMILES string of the molecule is C[C@@]1(O)[C@H](O)[C@@](CF)(CO[P+](=O)OP(=O)(O)OP(=O)(O)OO)O[C@H]1n1ccc2c(N)ncnc21. The van der Waals surface area contributed by atoms with Crippen LogP contribution < -0.4 is 5.73 Å². The van der Waals surface area contributed by atoms with Crippen LogP contribution in [0.15, 0.2) is 18.6 Å². The van der Waals surface area contributed by atoms with E-state index in [2.05, 4.69) is 27.8 Å². The molecular weight excluding hydrogens is 532 g/mol. The van der Waals surface area contributed by atoms with Gasteiger partial charge in [0.05, 0.1) is 5.39 Å². The minimum Gasteiger partial charge on any atom is -0.387 e. The predicted molar refractivity (Wildman–Crippen MR) is 106 cm³/mol. The van der Waals surface area contributed by atoms with Crippen LogP contribution in [0.2, 0.25) is 0 Å². The van der Waals surface area contributed by atoms with Crippen molar-refractivity contribution in [3.63, 3.8) is 0 Å². The van der Waals surface area contributed by atoms with Gasteiger partial charge in [0.1, 0.15) is 42.8 Å². The van der Waals surface area contributed by atoms with E-state index in [1.807, 2.05) is 0 Å². The fourth-order valence-electron chi connectivity index (χ4n) is 3.28. The Morgan fingerprint density at radius 2 is 2.03 bits per heavy atom. The van der Waals surface area contributed by atoms with Gasteiger partial charge in [-0.15, -0.1) is 9.20 Å². The Bertz CT molecular complexity index is 1180. The normalized spacial score (nSPS) is 31.3. The zero-order valence-corrected chi connectivity index (χ0v) is 19.6. The minimum absolute atomic E-state index is 0.103. The maximum atomic E-state index is 14.1. The third-order valence-corrected chi connectivity index (χ3v) is 8.37.